The van der Waals surface area contributed by atoms with E-state index in [2.05, 4.69) is 15.5 Å². The lowest BCUT2D eigenvalue weighted by Crippen LogP contribution is -2.42. The fraction of sp³-hybridized carbons (Fsp3) is 0.381. The largest absolute Gasteiger partial charge is 0.483 e. The van der Waals surface area contributed by atoms with Crippen LogP contribution in [0.5, 0.6) is 5.75 Å². The van der Waals surface area contributed by atoms with Gasteiger partial charge in [-0.15, -0.1) is 0 Å². The Balaban J connectivity index is 1.64. The summed E-state index contributed by atoms with van der Waals surface area (Å²) in [6.07, 6.45) is 1.30. The van der Waals surface area contributed by atoms with Gasteiger partial charge in [0, 0.05) is 43.7 Å². The normalized spacial score (nSPS) is 13.2. The topological polar surface area (TPSA) is 139 Å². The van der Waals surface area contributed by atoms with Crippen LogP contribution in [0.3, 0.4) is 0 Å². The van der Waals surface area contributed by atoms with Gasteiger partial charge in [-0.3, -0.25) is 15.1 Å². The Morgan fingerprint density at radius 3 is 2.87 bits per heavy atom. The van der Waals surface area contributed by atoms with Crippen LogP contribution in [0.4, 0.5) is 0 Å². The number of halogens is 1. The molecule has 166 valence electrons. The average Bonchev–Trinajstić information content (AvgIpc) is 3.17. The van der Waals surface area contributed by atoms with Gasteiger partial charge < -0.3 is 25.5 Å². The number of nitrogens with one attached hydrogen (secondary N) is 1. The molecule has 0 fully saturated rings. The molecule has 0 bridgehead atoms. The van der Waals surface area contributed by atoms with Gasteiger partial charge in [0.05, 0.1) is 22.8 Å². The lowest BCUT2D eigenvalue weighted by atomic mass is 10.1. The van der Waals surface area contributed by atoms with Gasteiger partial charge in [-0.05, 0) is 25.1 Å². The fourth-order valence-corrected chi connectivity index (χ4v) is 3.19. The van der Waals surface area contributed by atoms with Crippen LogP contribution < -0.4 is 21.5 Å². The number of pyridine rings is 1. The van der Waals surface area contributed by atoms with Crippen molar-refractivity contribution < 1.29 is 18.8 Å². The molecule has 0 radical (unpaired) electrons. The zero-order valence-corrected chi connectivity index (χ0v) is 18.0. The zero-order chi connectivity index (χ0) is 22.2. The predicted molar refractivity (Wildman–Crippen MR) is 117 cm³/mol. The van der Waals surface area contributed by atoms with Gasteiger partial charge in [0.1, 0.15) is 11.9 Å². The number of fused-ring (bicyclic) bond motifs is 1. The van der Waals surface area contributed by atoms with Crippen LogP contribution in [0.25, 0.3) is 11.0 Å². The molecule has 3 rings (SSSR count). The van der Waals surface area contributed by atoms with Crippen LogP contribution in [0.1, 0.15) is 30.8 Å². The molecule has 0 spiro atoms. The molecular formula is C21H26ClN5O4. The van der Waals surface area contributed by atoms with E-state index in [9.17, 15) is 4.79 Å². The number of nitrogens with two attached hydrogens (primary N) is 2. The maximum absolute atomic E-state index is 12.1. The standard InChI is InChI=1S/C21H26ClN5O4/c1-13(16-4-2-3-8-25-16)29-19-11-18-14(10-15(19)22)17(27-31-18)5-6-21(28)30-20(12-24)26-9-7-23/h2-4,8,10-11,13,20,26H,5-7,9,12,23-24H2,1H3/t13-,20?/m1/s1. The molecule has 3 aromatic rings. The van der Waals surface area contributed by atoms with Crippen LogP contribution in [0.2, 0.25) is 5.02 Å². The highest BCUT2D eigenvalue weighted by molar-refractivity contribution is 6.32. The van der Waals surface area contributed by atoms with E-state index in [-0.39, 0.29) is 19.1 Å². The van der Waals surface area contributed by atoms with Gasteiger partial charge in [0.25, 0.3) is 0 Å². The van der Waals surface area contributed by atoms with Crippen molar-refractivity contribution in [2.45, 2.75) is 32.1 Å². The van der Waals surface area contributed by atoms with Gasteiger partial charge in [0.2, 0.25) is 0 Å². The highest BCUT2D eigenvalue weighted by Gasteiger charge is 2.18. The number of esters is 1. The number of rotatable bonds is 11. The zero-order valence-electron chi connectivity index (χ0n) is 17.2. The summed E-state index contributed by atoms with van der Waals surface area (Å²) < 4.78 is 16.7. The first-order valence-corrected chi connectivity index (χ1v) is 10.4. The van der Waals surface area contributed by atoms with Crippen LogP contribution in [-0.2, 0) is 16.0 Å². The van der Waals surface area contributed by atoms with E-state index < -0.39 is 12.2 Å². The molecule has 1 aromatic carbocycles. The molecule has 2 aromatic heterocycles. The highest BCUT2D eigenvalue weighted by atomic mass is 35.5. The minimum atomic E-state index is -0.569. The first kappa shape index (κ1) is 23.0. The Labute approximate surface area is 185 Å². The number of benzene rings is 1. The third kappa shape index (κ3) is 6.14. The Bertz CT molecular complexity index is 998. The minimum absolute atomic E-state index is 0.120. The summed E-state index contributed by atoms with van der Waals surface area (Å²) in [4.78, 5) is 16.4. The molecule has 0 aliphatic heterocycles. The molecule has 2 heterocycles. The lowest BCUT2D eigenvalue weighted by Gasteiger charge is -2.16. The molecule has 0 saturated heterocycles. The van der Waals surface area contributed by atoms with Crippen molar-refractivity contribution in [2.24, 2.45) is 11.5 Å². The van der Waals surface area contributed by atoms with Crippen molar-refractivity contribution in [3.63, 3.8) is 0 Å². The molecule has 2 atom stereocenters. The smallest absolute Gasteiger partial charge is 0.307 e. The van der Waals surface area contributed by atoms with Crippen molar-refractivity contribution in [3.05, 3.63) is 52.9 Å². The summed E-state index contributed by atoms with van der Waals surface area (Å²) in [7, 11) is 0. The summed E-state index contributed by atoms with van der Waals surface area (Å²) in [5.74, 6) is 0.0672. The number of hydrogen-bond donors (Lipinski definition) is 3. The fourth-order valence-electron chi connectivity index (χ4n) is 2.98. The number of ether oxygens (including phenoxy) is 2. The van der Waals surface area contributed by atoms with E-state index in [0.29, 0.717) is 46.9 Å². The van der Waals surface area contributed by atoms with Gasteiger partial charge in [-0.1, -0.05) is 22.8 Å². The van der Waals surface area contributed by atoms with Gasteiger partial charge >= 0.3 is 5.97 Å². The van der Waals surface area contributed by atoms with Crippen LogP contribution in [0.15, 0.2) is 41.1 Å². The second kappa shape index (κ2) is 11.1. The lowest BCUT2D eigenvalue weighted by molar-refractivity contribution is -0.150. The first-order chi connectivity index (χ1) is 15.0. The third-order valence-corrected chi connectivity index (χ3v) is 4.87. The summed E-state index contributed by atoms with van der Waals surface area (Å²) >= 11 is 6.42. The van der Waals surface area contributed by atoms with Crippen molar-refractivity contribution in [1.29, 1.82) is 0 Å². The average molecular weight is 448 g/mol. The molecule has 10 heteroatoms. The van der Waals surface area contributed by atoms with Gasteiger partial charge in [-0.25, -0.2) is 0 Å². The summed E-state index contributed by atoms with van der Waals surface area (Å²) in [6.45, 7) is 2.97. The van der Waals surface area contributed by atoms with E-state index in [1.54, 1.807) is 18.3 Å². The molecular weight excluding hydrogens is 422 g/mol. The van der Waals surface area contributed by atoms with E-state index in [4.69, 9.17) is 37.1 Å². The van der Waals surface area contributed by atoms with E-state index in [1.165, 1.54) is 0 Å². The molecule has 31 heavy (non-hydrogen) atoms. The van der Waals surface area contributed by atoms with Crippen molar-refractivity contribution in [1.82, 2.24) is 15.5 Å². The molecule has 0 saturated carbocycles. The summed E-state index contributed by atoms with van der Waals surface area (Å²) in [5, 5.41) is 8.15. The molecule has 0 aliphatic rings. The number of aromatic nitrogens is 2. The van der Waals surface area contributed by atoms with Crippen LogP contribution in [-0.4, -0.2) is 42.0 Å². The Kier molecular flexibility index (Phi) is 8.19. The summed E-state index contributed by atoms with van der Waals surface area (Å²) in [5.41, 5.74) is 12.9. The predicted octanol–water partition coefficient (Wildman–Crippen LogP) is 2.33. The maximum atomic E-state index is 12.1. The molecule has 1 unspecified atom stereocenters. The quantitative estimate of drug-likeness (QED) is 0.298. The number of aryl methyl sites for hydroxylation is 1. The number of nitrogens with zero attached hydrogens (tertiary/aromatic N) is 2. The molecule has 0 amide bonds. The van der Waals surface area contributed by atoms with Gasteiger partial charge in [-0.2, -0.15) is 0 Å². The molecule has 0 aliphatic carbocycles. The third-order valence-electron chi connectivity index (χ3n) is 4.58. The Morgan fingerprint density at radius 1 is 1.32 bits per heavy atom. The Morgan fingerprint density at radius 2 is 2.16 bits per heavy atom. The SMILES string of the molecule is C[C@@H](Oc1cc2onc(CCC(=O)OC(CN)NCCN)c2cc1Cl)c1ccccn1. The second-order valence-corrected chi connectivity index (χ2v) is 7.29. The maximum Gasteiger partial charge on any atom is 0.307 e. The Hall–Kier alpha value is -2.72. The number of carbonyl (C=O) groups excluding carboxylic acids is 1. The van der Waals surface area contributed by atoms with Gasteiger partial charge in [0.15, 0.2) is 11.8 Å². The van der Waals surface area contributed by atoms with E-state index >= 15 is 0 Å². The molecule has 9 nitrogen and oxygen atoms in total. The highest BCUT2D eigenvalue weighted by Crippen LogP contribution is 2.34. The summed E-state index contributed by atoms with van der Waals surface area (Å²) in [6, 6.07) is 9.02. The van der Waals surface area contributed by atoms with E-state index in [0.717, 1.165) is 5.69 Å². The van der Waals surface area contributed by atoms with Crippen molar-refractivity contribution in [3.8, 4) is 5.75 Å². The van der Waals surface area contributed by atoms with E-state index in [1.807, 2.05) is 25.1 Å². The van der Waals surface area contributed by atoms with Crippen LogP contribution >= 0.6 is 11.6 Å². The minimum Gasteiger partial charge on any atom is -0.483 e. The van der Waals surface area contributed by atoms with Crippen molar-refractivity contribution in [2.75, 3.05) is 19.6 Å². The monoisotopic (exact) mass is 447 g/mol. The number of hydrogen-bond acceptors (Lipinski definition) is 9. The first-order valence-electron chi connectivity index (χ1n) is 10.00. The second-order valence-electron chi connectivity index (χ2n) is 6.88. The van der Waals surface area contributed by atoms with Crippen LogP contribution in [0, 0.1) is 0 Å². The van der Waals surface area contributed by atoms with Crippen molar-refractivity contribution >= 4 is 28.5 Å². The molecule has 5 N–H and O–H groups in total. The number of carbonyl (C=O) groups is 1.